The maximum absolute atomic E-state index is 14.0. The summed E-state index contributed by atoms with van der Waals surface area (Å²) in [5, 5.41) is 2.44. The van der Waals surface area contributed by atoms with Crippen LogP contribution in [-0.4, -0.2) is 5.91 Å². The van der Waals surface area contributed by atoms with Crippen molar-refractivity contribution in [3.8, 4) is 0 Å². The van der Waals surface area contributed by atoms with Crippen LogP contribution in [-0.2, 0) is 11.2 Å². The van der Waals surface area contributed by atoms with Gasteiger partial charge in [0.2, 0.25) is 5.91 Å². The summed E-state index contributed by atoms with van der Waals surface area (Å²) in [5.74, 6) is -0.447. The molecular formula is C16H12Cl2FNO. The van der Waals surface area contributed by atoms with Gasteiger partial charge < -0.3 is 5.32 Å². The third-order valence-electron chi connectivity index (χ3n) is 3.55. The van der Waals surface area contributed by atoms with Crippen LogP contribution in [0.3, 0.4) is 0 Å². The van der Waals surface area contributed by atoms with Gasteiger partial charge >= 0.3 is 0 Å². The van der Waals surface area contributed by atoms with Crippen LogP contribution in [0.2, 0.25) is 5.02 Å². The molecule has 3 rings (SSSR count). The topological polar surface area (TPSA) is 29.1 Å². The van der Waals surface area contributed by atoms with Gasteiger partial charge in [-0.3, -0.25) is 4.79 Å². The zero-order chi connectivity index (χ0) is 15.1. The van der Waals surface area contributed by atoms with Crippen molar-refractivity contribution in [1.29, 1.82) is 0 Å². The van der Waals surface area contributed by atoms with Crippen molar-refractivity contribution in [1.82, 2.24) is 0 Å². The first-order valence-corrected chi connectivity index (χ1v) is 7.29. The Balaban J connectivity index is 2.06. The summed E-state index contributed by atoms with van der Waals surface area (Å²) in [6, 6.07) is 8.23. The molecular weight excluding hydrogens is 312 g/mol. The lowest BCUT2D eigenvalue weighted by Gasteiger charge is -2.15. The van der Waals surface area contributed by atoms with Gasteiger partial charge in [0.15, 0.2) is 0 Å². The van der Waals surface area contributed by atoms with E-state index in [0.29, 0.717) is 28.3 Å². The highest BCUT2D eigenvalue weighted by Gasteiger charge is 2.24. The van der Waals surface area contributed by atoms with Gasteiger partial charge in [-0.15, -0.1) is 11.6 Å². The standard InChI is InChI=1S/C16H12Cl2FNO/c1-8-2-3-13(19)11(4-8)16(18)10-5-9-6-15(21)20-14(9)7-12(10)17/h2-5,7,16H,6H2,1H3,(H,20,21). The summed E-state index contributed by atoms with van der Waals surface area (Å²) < 4.78 is 14.0. The van der Waals surface area contributed by atoms with Gasteiger partial charge in [-0.05, 0) is 36.2 Å². The molecule has 108 valence electrons. The molecule has 1 amide bonds. The van der Waals surface area contributed by atoms with E-state index in [1.165, 1.54) is 6.07 Å². The summed E-state index contributed by atoms with van der Waals surface area (Å²) in [7, 11) is 0. The average molecular weight is 324 g/mol. The fourth-order valence-electron chi connectivity index (χ4n) is 2.49. The van der Waals surface area contributed by atoms with Crippen LogP contribution in [0, 0.1) is 12.7 Å². The highest BCUT2D eigenvalue weighted by atomic mass is 35.5. The van der Waals surface area contributed by atoms with Gasteiger partial charge in [-0.2, -0.15) is 0 Å². The number of rotatable bonds is 2. The molecule has 2 nitrogen and oxygen atoms in total. The normalized spacial score (nSPS) is 14.8. The van der Waals surface area contributed by atoms with E-state index in [0.717, 1.165) is 11.1 Å². The number of hydrogen-bond donors (Lipinski definition) is 1. The van der Waals surface area contributed by atoms with Crippen LogP contribution < -0.4 is 5.32 Å². The molecule has 0 fully saturated rings. The number of hydrogen-bond acceptors (Lipinski definition) is 1. The van der Waals surface area contributed by atoms with E-state index >= 15 is 0 Å². The van der Waals surface area contributed by atoms with Gasteiger partial charge in [0.1, 0.15) is 5.82 Å². The molecule has 0 spiro atoms. The summed E-state index contributed by atoms with van der Waals surface area (Å²) in [6.07, 6.45) is 0.291. The summed E-state index contributed by atoms with van der Waals surface area (Å²) >= 11 is 12.7. The van der Waals surface area contributed by atoms with Crippen LogP contribution in [0.4, 0.5) is 10.1 Å². The molecule has 0 aromatic heterocycles. The Morgan fingerprint density at radius 2 is 2.00 bits per heavy atom. The summed E-state index contributed by atoms with van der Waals surface area (Å²) in [5.41, 5.74) is 3.44. The number of fused-ring (bicyclic) bond motifs is 1. The Hall–Kier alpha value is -1.58. The molecule has 1 aliphatic heterocycles. The first kappa shape index (κ1) is 14.4. The quantitative estimate of drug-likeness (QED) is 0.803. The minimum absolute atomic E-state index is 0.0777. The smallest absolute Gasteiger partial charge is 0.228 e. The molecule has 0 bridgehead atoms. The minimum atomic E-state index is -0.696. The lowest BCUT2D eigenvalue weighted by atomic mass is 9.99. The maximum Gasteiger partial charge on any atom is 0.228 e. The van der Waals surface area contributed by atoms with Crippen LogP contribution in [0.1, 0.15) is 27.6 Å². The molecule has 2 aromatic rings. The molecule has 1 N–H and O–H groups in total. The molecule has 1 atom stereocenters. The van der Waals surface area contributed by atoms with Crippen molar-refractivity contribution in [2.45, 2.75) is 18.7 Å². The van der Waals surface area contributed by atoms with Crippen molar-refractivity contribution < 1.29 is 9.18 Å². The first-order valence-electron chi connectivity index (χ1n) is 6.48. The van der Waals surface area contributed by atoms with Crippen molar-refractivity contribution >= 4 is 34.8 Å². The number of benzene rings is 2. The molecule has 0 aliphatic carbocycles. The van der Waals surface area contributed by atoms with E-state index in [9.17, 15) is 9.18 Å². The number of nitrogens with one attached hydrogen (secondary N) is 1. The van der Waals surface area contributed by atoms with Crippen molar-refractivity contribution in [3.63, 3.8) is 0 Å². The molecule has 1 aliphatic rings. The first-order chi connectivity index (χ1) is 9.95. The highest BCUT2D eigenvalue weighted by Crippen LogP contribution is 2.39. The highest BCUT2D eigenvalue weighted by molar-refractivity contribution is 6.33. The molecule has 1 heterocycles. The van der Waals surface area contributed by atoms with E-state index in [4.69, 9.17) is 23.2 Å². The third-order valence-corrected chi connectivity index (χ3v) is 4.34. The predicted octanol–water partition coefficient (Wildman–Crippen LogP) is 4.61. The Labute approximate surface area is 131 Å². The van der Waals surface area contributed by atoms with E-state index in [-0.39, 0.29) is 11.7 Å². The van der Waals surface area contributed by atoms with Crippen LogP contribution in [0.15, 0.2) is 30.3 Å². The second-order valence-electron chi connectivity index (χ2n) is 5.14. The van der Waals surface area contributed by atoms with Gasteiger partial charge in [0.25, 0.3) is 0 Å². The van der Waals surface area contributed by atoms with Gasteiger partial charge in [-0.25, -0.2) is 4.39 Å². The third kappa shape index (κ3) is 2.63. The van der Waals surface area contributed by atoms with Crippen LogP contribution >= 0.6 is 23.2 Å². The number of halogens is 3. The lowest BCUT2D eigenvalue weighted by Crippen LogP contribution is -2.03. The Morgan fingerprint density at radius 1 is 1.24 bits per heavy atom. The number of carbonyl (C=O) groups is 1. The largest absolute Gasteiger partial charge is 0.325 e. The molecule has 2 aromatic carbocycles. The fourth-order valence-corrected chi connectivity index (χ4v) is 3.16. The predicted molar refractivity (Wildman–Crippen MR) is 82.6 cm³/mol. The molecule has 5 heteroatoms. The number of carbonyl (C=O) groups excluding carboxylic acids is 1. The van der Waals surface area contributed by atoms with Crippen molar-refractivity contribution in [2.24, 2.45) is 0 Å². The number of aryl methyl sites for hydroxylation is 1. The van der Waals surface area contributed by atoms with Crippen LogP contribution in [0.5, 0.6) is 0 Å². The Morgan fingerprint density at radius 3 is 2.76 bits per heavy atom. The SMILES string of the molecule is Cc1ccc(F)c(C(Cl)c2cc3c(cc2Cl)NC(=O)C3)c1. The van der Waals surface area contributed by atoms with E-state index < -0.39 is 5.38 Å². The zero-order valence-electron chi connectivity index (χ0n) is 11.2. The molecule has 0 radical (unpaired) electrons. The summed E-state index contributed by atoms with van der Waals surface area (Å²) in [6.45, 7) is 1.87. The summed E-state index contributed by atoms with van der Waals surface area (Å²) in [4.78, 5) is 11.4. The van der Waals surface area contributed by atoms with E-state index in [1.54, 1.807) is 24.3 Å². The number of alkyl halides is 1. The average Bonchev–Trinajstić information content (AvgIpc) is 2.79. The Kier molecular flexibility index (Phi) is 3.64. The monoisotopic (exact) mass is 323 g/mol. The maximum atomic E-state index is 14.0. The second kappa shape index (κ2) is 5.32. The van der Waals surface area contributed by atoms with Gasteiger partial charge in [-0.1, -0.05) is 29.3 Å². The van der Waals surface area contributed by atoms with E-state index in [2.05, 4.69) is 5.32 Å². The zero-order valence-corrected chi connectivity index (χ0v) is 12.7. The molecule has 1 unspecified atom stereocenters. The van der Waals surface area contributed by atoms with Crippen LogP contribution in [0.25, 0.3) is 0 Å². The van der Waals surface area contributed by atoms with Crippen molar-refractivity contribution in [2.75, 3.05) is 5.32 Å². The van der Waals surface area contributed by atoms with Gasteiger partial charge in [0, 0.05) is 16.3 Å². The number of anilines is 1. The second-order valence-corrected chi connectivity index (χ2v) is 5.99. The molecule has 21 heavy (non-hydrogen) atoms. The van der Waals surface area contributed by atoms with Gasteiger partial charge in [0.05, 0.1) is 11.8 Å². The molecule has 0 saturated carbocycles. The minimum Gasteiger partial charge on any atom is -0.325 e. The van der Waals surface area contributed by atoms with Crippen molar-refractivity contribution in [3.05, 3.63) is 63.4 Å². The number of amides is 1. The Bertz CT molecular complexity index is 745. The lowest BCUT2D eigenvalue weighted by molar-refractivity contribution is -0.115. The van der Waals surface area contributed by atoms with E-state index in [1.807, 2.05) is 6.92 Å². The molecule has 0 saturated heterocycles. The fraction of sp³-hybridized carbons (Fsp3) is 0.188.